The van der Waals surface area contributed by atoms with E-state index in [1.54, 1.807) is 11.8 Å². The number of anilines is 1. The summed E-state index contributed by atoms with van der Waals surface area (Å²) < 4.78 is 1.97. The number of benzene rings is 2. The summed E-state index contributed by atoms with van der Waals surface area (Å²) in [4.78, 5) is 16.5. The maximum Gasteiger partial charge on any atom is 0.238 e. The predicted molar refractivity (Wildman–Crippen MR) is 120 cm³/mol. The normalized spacial score (nSPS) is 15.8. The Hall–Kier alpha value is -2.51. The van der Waals surface area contributed by atoms with E-state index in [2.05, 4.69) is 35.0 Å². The second kappa shape index (κ2) is 8.88. The van der Waals surface area contributed by atoms with Gasteiger partial charge in [0.25, 0.3) is 0 Å². The molecule has 0 fully saturated rings. The third-order valence-corrected chi connectivity index (χ3v) is 6.91. The maximum atomic E-state index is 13.4. The van der Waals surface area contributed by atoms with E-state index in [1.165, 1.54) is 11.8 Å². The highest BCUT2D eigenvalue weighted by atomic mass is 32.2. The lowest BCUT2D eigenvalue weighted by Crippen LogP contribution is -2.39. The lowest BCUT2D eigenvalue weighted by molar-refractivity contribution is -0.116. The van der Waals surface area contributed by atoms with Crippen LogP contribution in [0, 0.1) is 6.92 Å². The number of amides is 1. The van der Waals surface area contributed by atoms with E-state index in [4.69, 9.17) is 0 Å². The highest BCUT2D eigenvalue weighted by Gasteiger charge is 2.32. The second-order valence-corrected chi connectivity index (χ2v) is 8.69. The van der Waals surface area contributed by atoms with Gasteiger partial charge in [-0.25, -0.2) is 0 Å². The van der Waals surface area contributed by atoms with Gasteiger partial charge < -0.3 is 9.47 Å². The molecule has 29 heavy (non-hydrogen) atoms. The molecule has 2 aromatic carbocycles. The molecule has 1 aliphatic rings. The number of allylic oxidation sites excluding steroid dienone is 1. The average Bonchev–Trinajstić information content (AvgIpc) is 3.11. The molecular weight excluding hydrogens is 400 g/mol. The summed E-state index contributed by atoms with van der Waals surface area (Å²) in [6, 6.07) is 18.4. The van der Waals surface area contributed by atoms with Gasteiger partial charge in [-0.15, -0.1) is 28.5 Å². The molecule has 5 nitrogen and oxygen atoms in total. The number of thioether (sulfide) groups is 2. The lowest BCUT2D eigenvalue weighted by Gasteiger charge is -2.37. The van der Waals surface area contributed by atoms with Crippen molar-refractivity contribution < 1.29 is 4.79 Å². The number of nitrogens with zero attached hydrogens (tertiary/aromatic N) is 4. The molecule has 1 atom stereocenters. The number of fused-ring (bicyclic) bond motifs is 1. The molecule has 0 saturated carbocycles. The summed E-state index contributed by atoms with van der Waals surface area (Å²) >= 11 is 3.23. The molecule has 0 spiro atoms. The van der Waals surface area contributed by atoms with E-state index in [9.17, 15) is 4.79 Å². The van der Waals surface area contributed by atoms with Crippen molar-refractivity contribution in [3.8, 4) is 0 Å². The van der Waals surface area contributed by atoms with Crippen LogP contribution in [-0.4, -0.2) is 32.2 Å². The van der Waals surface area contributed by atoms with Crippen LogP contribution in [0.15, 0.2) is 77.3 Å². The highest BCUT2D eigenvalue weighted by Crippen LogP contribution is 2.43. The maximum absolute atomic E-state index is 13.4. The number of hydrogen-bond acceptors (Lipinski definition) is 5. The van der Waals surface area contributed by atoms with Crippen molar-refractivity contribution in [2.45, 2.75) is 29.6 Å². The fourth-order valence-electron chi connectivity index (χ4n) is 3.42. The third-order valence-electron chi connectivity index (χ3n) is 4.82. The van der Waals surface area contributed by atoms with Crippen LogP contribution in [0.2, 0.25) is 0 Å². The number of aromatic nitrogens is 3. The first-order chi connectivity index (χ1) is 14.2. The molecular formula is C22H22N4OS2. The molecule has 4 rings (SSSR count). The molecule has 1 aromatic heterocycles. The largest absolute Gasteiger partial charge is 0.302 e. The van der Waals surface area contributed by atoms with Crippen LogP contribution < -0.4 is 4.90 Å². The molecule has 1 unspecified atom stereocenters. The summed E-state index contributed by atoms with van der Waals surface area (Å²) in [5.74, 6) is 2.03. The number of para-hydroxylation sites is 1. The quantitative estimate of drug-likeness (QED) is 0.424. The summed E-state index contributed by atoms with van der Waals surface area (Å²) in [6.07, 6.45) is 1.81. The Morgan fingerprint density at radius 1 is 1.21 bits per heavy atom. The van der Waals surface area contributed by atoms with Crippen LogP contribution in [0.25, 0.3) is 0 Å². The van der Waals surface area contributed by atoms with Crippen molar-refractivity contribution in [3.63, 3.8) is 0 Å². The first kappa shape index (κ1) is 19.8. The van der Waals surface area contributed by atoms with E-state index in [1.807, 2.05) is 58.9 Å². The lowest BCUT2D eigenvalue weighted by atomic mass is 10.1. The van der Waals surface area contributed by atoms with Crippen LogP contribution in [0.5, 0.6) is 0 Å². The Morgan fingerprint density at radius 2 is 1.97 bits per heavy atom. The minimum atomic E-state index is 0.0111. The Kier molecular flexibility index (Phi) is 6.06. The Balaban J connectivity index is 1.61. The molecule has 0 aliphatic carbocycles. The van der Waals surface area contributed by atoms with E-state index in [0.29, 0.717) is 12.3 Å². The van der Waals surface area contributed by atoms with Gasteiger partial charge >= 0.3 is 0 Å². The zero-order valence-electron chi connectivity index (χ0n) is 16.2. The van der Waals surface area contributed by atoms with Gasteiger partial charge in [0, 0.05) is 17.2 Å². The van der Waals surface area contributed by atoms with Crippen molar-refractivity contribution in [2.24, 2.45) is 0 Å². The van der Waals surface area contributed by atoms with Crippen LogP contribution in [0.1, 0.15) is 17.4 Å². The molecule has 1 amide bonds. The number of rotatable bonds is 6. The van der Waals surface area contributed by atoms with Crippen molar-refractivity contribution in [2.75, 3.05) is 16.4 Å². The Bertz CT molecular complexity index is 1020. The predicted octanol–water partition coefficient (Wildman–Crippen LogP) is 4.74. The van der Waals surface area contributed by atoms with Gasteiger partial charge in [-0.2, -0.15) is 0 Å². The third kappa shape index (κ3) is 4.11. The minimum absolute atomic E-state index is 0.0111. The van der Waals surface area contributed by atoms with Crippen LogP contribution in [0.4, 0.5) is 5.69 Å². The first-order valence-electron chi connectivity index (χ1n) is 9.41. The van der Waals surface area contributed by atoms with E-state index in [0.717, 1.165) is 32.9 Å². The van der Waals surface area contributed by atoms with Gasteiger partial charge in [-0.1, -0.05) is 60.3 Å². The van der Waals surface area contributed by atoms with Crippen molar-refractivity contribution in [3.05, 3.63) is 78.6 Å². The average molecular weight is 423 g/mol. The molecule has 7 heteroatoms. The zero-order valence-corrected chi connectivity index (χ0v) is 17.8. The monoisotopic (exact) mass is 422 g/mol. The molecule has 0 N–H and O–H groups in total. The van der Waals surface area contributed by atoms with Gasteiger partial charge in [-0.3, -0.25) is 4.79 Å². The zero-order chi connectivity index (χ0) is 20.2. The topological polar surface area (TPSA) is 51.0 Å². The first-order valence-corrected chi connectivity index (χ1v) is 11.4. The molecule has 148 valence electrons. The number of aryl methyl sites for hydroxylation is 1. The summed E-state index contributed by atoms with van der Waals surface area (Å²) in [6.45, 7) is 6.33. The van der Waals surface area contributed by atoms with Gasteiger partial charge in [0.15, 0.2) is 5.16 Å². The summed E-state index contributed by atoms with van der Waals surface area (Å²) in [5, 5.41) is 9.11. The smallest absolute Gasteiger partial charge is 0.238 e. The minimum Gasteiger partial charge on any atom is -0.302 e. The van der Waals surface area contributed by atoms with Crippen LogP contribution >= 0.6 is 23.5 Å². The molecule has 0 radical (unpaired) electrons. The fourth-order valence-corrected chi connectivity index (χ4v) is 5.44. The standard InChI is InChI=1S/C22H22N4OS2/c1-3-13-25-16(2)23-24-22(25)29-15-21(27)26-18-11-7-8-12-20(18)28-14-19(26)17-9-5-4-6-10-17/h3-12,19H,1,13-15H2,2H3. The second-order valence-electron chi connectivity index (χ2n) is 6.69. The SMILES string of the molecule is C=CCn1c(C)nnc1SCC(=O)N1c2ccccc2SCC1c1ccccc1. The Morgan fingerprint density at radius 3 is 2.76 bits per heavy atom. The van der Waals surface area contributed by atoms with E-state index >= 15 is 0 Å². The van der Waals surface area contributed by atoms with Gasteiger partial charge in [0.05, 0.1) is 17.5 Å². The molecule has 3 aromatic rings. The number of carbonyl (C=O) groups excluding carboxylic acids is 1. The number of carbonyl (C=O) groups is 1. The van der Waals surface area contributed by atoms with Gasteiger partial charge in [0.1, 0.15) is 5.82 Å². The van der Waals surface area contributed by atoms with Crippen LogP contribution in [0.3, 0.4) is 0 Å². The van der Waals surface area contributed by atoms with Gasteiger partial charge in [-0.05, 0) is 24.6 Å². The molecule has 0 saturated heterocycles. The fraction of sp³-hybridized carbons (Fsp3) is 0.227. The van der Waals surface area contributed by atoms with Crippen molar-refractivity contribution in [1.82, 2.24) is 14.8 Å². The molecule has 2 heterocycles. The van der Waals surface area contributed by atoms with Crippen molar-refractivity contribution in [1.29, 1.82) is 0 Å². The molecule has 0 bridgehead atoms. The van der Waals surface area contributed by atoms with E-state index < -0.39 is 0 Å². The highest BCUT2D eigenvalue weighted by molar-refractivity contribution is 8.00. The van der Waals surface area contributed by atoms with E-state index in [-0.39, 0.29) is 11.9 Å². The summed E-state index contributed by atoms with van der Waals surface area (Å²) in [5.41, 5.74) is 2.13. The summed E-state index contributed by atoms with van der Waals surface area (Å²) in [7, 11) is 0. The van der Waals surface area contributed by atoms with Gasteiger partial charge in [0.2, 0.25) is 5.91 Å². The number of hydrogen-bond donors (Lipinski definition) is 0. The molecule has 1 aliphatic heterocycles. The Labute approximate surface area is 179 Å². The van der Waals surface area contributed by atoms with Crippen molar-refractivity contribution >= 4 is 35.1 Å². The van der Waals surface area contributed by atoms with Crippen LogP contribution in [-0.2, 0) is 11.3 Å².